The molecule has 0 aliphatic rings. The SMILES string of the molecule is CCCCCCCCCc1ccc(OCCOCCOCCOCCOCC)cc1. The summed E-state index contributed by atoms with van der Waals surface area (Å²) < 4.78 is 27.3. The van der Waals surface area contributed by atoms with Crippen molar-refractivity contribution in [1.82, 2.24) is 0 Å². The maximum absolute atomic E-state index is 5.74. The van der Waals surface area contributed by atoms with Gasteiger partial charge in [0.1, 0.15) is 12.4 Å². The Hall–Kier alpha value is -1.14. The zero-order chi connectivity index (χ0) is 21.5. The molecule has 0 aliphatic heterocycles. The Morgan fingerprint density at radius 1 is 0.533 bits per heavy atom. The van der Waals surface area contributed by atoms with Crippen LogP contribution >= 0.6 is 0 Å². The van der Waals surface area contributed by atoms with E-state index >= 15 is 0 Å². The molecule has 0 unspecified atom stereocenters. The van der Waals surface area contributed by atoms with Gasteiger partial charge in [-0.25, -0.2) is 0 Å². The van der Waals surface area contributed by atoms with Crippen molar-refractivity contribution >= 4 is 0 Å². The van der Waals surface area contributed by atoms with Crippen LogP contribution in [0.4, 0.5) is 0 Å². The van der Waals surface area contributed by atoms with Crippen LogP contribution in [0.25, 0.3) is 0 Å². The Labute approximate surface area is 184 Å². The Morgan fingerprint density at radius 2 is 1.03 bits per heavy atom. The molecule has 0 spiro atoms. The van der Waals surface area contributed by atoms with E-state index in [0.717, 1.165) is 18.8 Å². The minimum absolute atomic E-state index is 0.553. The third-order valence-electron chi connectivity index (χ3n) is 4.81. The standard InChI is InChI=1S/C25H44O5/c1-3-5-6-7-8-9-10-11-24-12-14-25(15-13-24)30-23-22-29-21-20-28-19-18-27-17-16-26-4-2/h12-15H,3-11,16-23H2,1-2H3. The Kier molecular flexibility index (Phi) is 18.9. The second kappa shape index (κ2) is 21.1. The van der Waals surface area contributed by atoms with Crippen molar-refractivity contribution < 1.29 is 23.7 Å². The maximum atomic E-state index is 5.74. The van der Waals surface area contributed by atoms with E-state index in [1.807, 2.05) is 6.92 Å². The second-order valence-corrected chi connectivity index (χ2v) is 7.40. The molecular weight excluding hydrogens is 380 g/mol. The molecule has 0 saturated carbocycles. The van der Waals surface area contributed by atoms with Gasteiger partial charge in [0.05, 0.1) is 46.2 Å². The monoisotopic (exact) mass is 424 g/mol. The summed E-state index contributed by atoms with van der Waals surface area (Å²) in [6, 6.07) is 8.48. The molecule has 0 aliphatic carbocycles. The minimum atomic E-state index is 0.553. The fraction of sp³-hybridized carbons (Fsp3) is 0.760. The highest BCUT2D eigenvalue weighted by Crippen LogP contribution is 2.15. The first kappa shape index (κ1) is 26.9. The summed E-state index contributed by atoms with van der Waals surface area (Å²) in [5, 5.41) is 0. The van der Waals surface area contributed by atoms with Crippen molar-refractivity contribution in [2.75, 3.05) is 59.5 Å². The average molecular weight is 425 g/mol. The topological polar surface area (TPSA) is 46.2 Å². The van der Waals surface area contributed by atoms with Gasteiger partial charge < -0.3 is 23.7 Å². The molecule has 0 atom stereocenters. The first-order valence-electron chi connectivity index (χ1n) is 11.9. The van der Waals surface area contributed by atoms with Crippen LogP contribution in [0.3, 0.4) is 0 Å². The summed E-state index contributed by atoms with van der Waals surface area (Å²) in [6.07, 6.45) is 10.6. The van der Waals surface area contributed by atoms with Gasteiger partial charge in [0.25, 0.3) is 0 Å². The number of hydrogen-bond acceptors (Lipinski definition) is 5. The van der Waals surface area contributed by atoms with Crippen LogP contribution in [0.2, 0.25) is 0 Å². The number of hydrogen-bond donors (Lipinski definition) is 0. The van der Waals surface area contributed by atoms with Crippen molar-refractivity contribution in [3.05, 3.63) is 29.8 Å². The molecule has 0 bridgehead atoms. The first-order chi connectivity index (χ1) is 14.9. The van der Waals surface area contributed by atoms with Crippen LogP contribution < -0.4 is 4.74 Å². The maximum Gasteiger partial charge on any atom is 0.119 e. The summed E-state index contributed by atoms with van der Waals surface area (Å²) in [5.74, 6) is 0.905. The zero-order valence-corrected chi connectivity index (χ0v) is 19.4. The zero-order valence-electron chi connectivity index (χ0n) is 19.4. The van der Waals surface area contributed by atoms with Crippen LogP contribution in [0, 0.1) is 0 Å². The van der Waals surface area contributed by atoms with Crippen molar-refractivity contribution in [2.45, 2.75) is 65.2 Å². The molecule has 0 fully saturated rings. The third-order valence-corrected chi connectivity index (χ3v) is 4.81. The van der Waals surface area contributed by atoms with Crippen LogP contribution in [-0.4, -0.2) is 59.5 Å². The number of unbranched alkanes of at least 4 members (excludes halogenated alkanes) is 6. The molecule has 0 aromatic heterocycles. The van der Waals surface area contributed by atoms with E-state index in [1.54, 1.807) is 0 Å². The normalized spacial score (nSPS) is 11.1. The van der Waals surface area contributed by atoms with E-state index in [2.05, 4.69) is 31.2 Å². The molecule has 1 aromatic carbocycles. The Balaban J connectivity index is 1.89. The summed E-state index contributed by atoms with van der Waals surface area (Å²) in [4.78, 5) is 0. The van der Waals surface area contributed by atoms with Gasteiger partial charge in [-0.3, -0.25) is 0 Å². The Morgan fingerprint density at radius 3 is 1.60 bits per heavy atom. The third kappa shape index (κ3) is 16.6. The van der Waals surface area contributed by atoms with Crippen molar-refractivity contribution in [1.29, 1.82) is 0 Å². The molecule has 5 nitrogen and oxygen atoms in total. The van der Waals surface area contributed by atoms with Gasteiger partial charge in [0.2, 0.25) is 0 Å². The van der Waals surface area contributed by atoms with E-state index in [-0.39, 0.29) is 0 Å². The highest BCUT2D eigenvalue weighted by molar-refractivity contribution is 5.27. The lowest BCUT2D eigenvalue weighted by Crippen LogP contribution is -2.13. The van der Waals surface area contributed by atoms with Gasteiger partial charge >= 0.3 is 0 Å². The van der Waals surface area contributed by atoms with Crippen LogP contribution in [0.15, 0.2) is 24.3 Å². The van der Waals surface area contributed by atoms with E-state index in [4.69, 9.17) is 23.7 Å². The molecule has 5 heteroatoms. The molecule has 1 rings (SSSR count). The van der Waals surface area contributed by atoms with Gasteiger partial charge in [-0.1, -0.05) is 57.6 Å². The predicted molar refractivity (Wildman–Crippen MR) is 123 cm³/mol. The van der Waals surface area contributed by atoms with E-state index in [9.17, 15) is 0 Å². The molecule has 0 saturated heterocycles. The predicted octanol–water partition coefficient (Wildman–Crippen LogP) is 5.44. The van der Waals surface area contributed by atoms with Crippen molar-refractivity contribution in [3.8, 4) is 5.75 Å². The van der Waals surface area contributed by atoms with E-state index in [0.29, 0.717) is 52.9 Å². The summed E-state index contributed by atoms with van der Waals surface area (Å²) >= 11 is 0. The van der Waals surface area contributed by atoms with Gasteiger partial charge in [-0.05, 0) is 37.5 Å². The van der Waals surface area contributed by atoms with Gasteiger partial charge in [0.15, 0.2) is 0 Å². The molecule has 1 aromatic rings. The minimum Gasteiger partial charge on any atom is -0.491 e. The smallest absolute Gasteiger partial charge is 0.119 e. The number of aryl methyl sites for hydroxylation is 1. The van der Waals surface area contributed by atoms with Gasteiger partial charge in [-0.15, -0.1) is 0 Å². The second-order valence-electron chi connectivity index (χ2n) is 7.40. The summed E-state index contributed by atoms with van der Waals surface area (Å²) in [5.41, 5.74) is 1.39. The van der Waals surface area contributed by atoms with Crippen LogP contribution in [0.1, 0.15) is 64.4 Å². The molecule has 0 amide bonds. The number of rotatable bonds is 22. The highest BCUT2D eigenvalue weighted by Gasteiger charge is 1.98. The Bertz CT molecular complexity index is 463. The molecule has 0 heterocycles. The van der Waals surface area contributed by atoms with Crippen LogP contribution in [-0.2, 0) is 25.4 Å². The molecule has 0 radical (unpaired) electrons. The largest absolute Gasteiger partial charge is 0.491 e. The quantitative estimate of drug-likeness (QED) is 0.232. The fourth-order valence-corrected chi connectivity index (χ4v) is 3.06. The van der Waals surface area contributed by atoms with Crippen molar-refractivity contribution in [2.24, 2.45) is 0 Å². The van der Waals surface area contributed by atoms with Gasteiger partial charge in [0, 0.05) is 6.61 Å². The first-order valence-corrected chi connectivity index (χ1v) is 11.9. The molecule has 30 heavy (non-hydrogen) atoms. The average Bonchev–Trinajstić information content (AvgIpc) is 2.77. The lowest BCUT2D eigenvalue weighted by Gasteiger charge is -2.09. The van der Waals surface area contributed by atoms with Crippen molar-refractivity contribution in [3.63, 3.8) is 0 Å². The molecular formula is C25H44O5. The highest BCUT2D eigenvalue weighted by atomic mass is 16.6. The lowest BCUT2D eigenvalue weighted by molar-refractivity contribution is -0.00342. The number of ether oxygens (including phenoxy) is 5. The molecule has 174 valence electrons. The van der Waals surface area contributed by atoms with Gasteiger partial charge in [-0.2, -0.15) is 0 Å². The lowest BCUT2D eigenvalue weighted by atomic mass is 10.0. The summed E-state index contributed by atoms with van der Waals surface area (Å²) in [7, 11) is 0. The van der Waals surface area contributed by atoms with E-state index in [1.165, 1.54) is 50.5 Å². The number of benzene rings is 1. The van der Waals surface area contributed by atoms with Crippen LogP contribution in [0.5, 0.6) is 5.75 Å². The fourth-order valence-electron chi connectivity index (χ4n) is 3.06. The molecule has 0 N–H and O–H groups in total. The summed E-state index contributed by atoms with van der Waals surface area (Å²) in [6.45, 7) is 9.65. The van der Waals surface area contributed by atoms with E-state index < -0.39 is 0 Å².